The zero-order valence-electron chi connectivity index (χ0n) is 18.4. The second-order valence-corrected chi connectivity index (χ2v) is 10.2. The molecule has 7 nitrogen and oxygen atoms in total. The van der Waals surface area contributed by atoms with Crippen LogP contribution in [0, 0.1) is 0 Å². The molecule has 3 aromatic heterocycles. The Kier molecular flexibility index (Phi) is 6.59. The number of nitrogens with zero attached hydrogens (tertiary/aromatic N) is 3. The lowest BCUT2D eigenvalue weighted by Crippen LogP contribution is -2.39. The first-order valence-corrected chi connectivity index (χ1v) is 12.4. The zero-order valence-corrected chi connectivity index (χ0v) is 20.7. The van der Waals surface area contributed by atoms with Gasteiger partial charge in [0.15, 0.2) is 0 Å². The molecule has 1 aliphatic rings. The highest BCUT2D eigenvalue weighted by Crippen LogP contribution is 2.39. The Balaban J connectivity index is 1.59. The number of aromatic nitrogens is 3. The number of fused-ring (bicyclic) bond motifs is 1. The summed E-state index contributed by atoms with van der Waals surface area (Å²) < 4.78 is 9.48. The molecule has 1 aromatic carbocycles. The predicted octanol–water partition coefficient (Wildman–Crippen LogP) is 3.71. The van der Waals surface area contributed by atoms with Crippen LogP contribution in [-0.4, -0.2) is 39.9 Å². The fourth-order valence-electron chi connectivity index (χ4n) is 4.22. The van der Waals surface area contributed by atoms with E-state index in [-0.39, 0.29) is 23.9 Å². The molecule has 4 aromatic rings. The molecule has 1 atom stereocenters. The molecule has 5 rings (SSSR count). The molecule has 176 valence electrons. The van der Waals surface area contributed by atoms with Crippen molar-refractivity contribution in [3.8, 4) is 11.1 Å². The van der Waals surface area contributed by atoms with Gasteiger partial charge in [0, 0.05) is 65.5 Å². The Morgan fingerprint density at radius 3 is 2.85 bits per heavy atom. The Labute approximate surface area is 209 Å². The third-order valence-corrected chi connectivity index (χ3v) is 7.60. The fraction of sp³-hybridized carbons (Fsp3) is 0.292. The molecule has 1 fully saturated rings. The van der Waals surface area contributed by atoms with Crippen molar-refractivity contribution in [1.82, 2.24) is 19.4 Å². The van der Waals surface area contributed by atoms with Crippen LogP contribution in [0.5, 0.6) is 0 Å². The van der Waals surface area contributed by atoms with Gasteiger partial charge in [0.1, 0.15) is 0 Å². The molecular formula is C24H22Cl2N4O3S. The molecule has 0 radical (unpaired) electrons. The summed E-state index contributed by atoms with van der Waals surface area (Å²) in [7, 11) is 1.62. The van der Waals surface area contributed by atoms with Crippen LogP contribution >= 0.6 is 34.5 Å². The van der Waals surface area contributed by atoms with Crippen molar-refractivity contribution in [2.75, 3.05) is 19.7 Å². The Bertz CT molecular complexity index is 1490. The number of rotatable bonds is 5. The van der Waals surface area contributed by atoms with Gasteiger partial charge in [-0.25, -0.2) is 4.79 Å². The van der Waals surface area contributed by atoms with Gasteiger partial charge < -0.3 is 14.6 Å². The molecule has 34 heavy (non-hydrogen) atoms. The lowest BCUT2D eigenvalue weighted by atomic mass is 9.95. The van der Waals surface area contributed by atoms with Crippen LogP contribution in [0.1, 0.15) is 10.4 Å². The predicted molar refractivity (Wildman–Crippen MR) is 136 cm³/mol. The Morgan fingerprint density at radius 1 is 1.21 bits per heavy atom. The van der Waals surface area contributed by atoms with Gasteiger partial charge in [-0.3, -0.25) is 14.3 Å². The minimum Gasteiger partial charge on any atom is -0.375 e. The van der Waals surface area contributed by atoms with Crippen LogP contribution in [0.15, 0.2) is 52.3 Å². The van der Waals surface area contributed by atoms with Gasteiger partial charge in [-0.1, -0.05) is 23.2 Å². The van der Waals surface area contributed by atoms with Crippen molar-refractivity contribution in [3.05, 3.63) is 84.0 Å². The van der Waals surface area contributed by atoms with Crippen LogP contribution in [0.4, 0.5) is 0 Å². The molecule has 0 bridgehead atoms. The topological polar surface area (TPSA) is 78.2 Å². The van der Waals surface area contributed by atoms with Gasteiger partial charge >= 0.3 is 5.69 Å². The van der Waals surface area contributed by atoms with E-state index >= 15 is 0 Å². The van der Waals surface area contributed by atoms with Gasteiger partial charge in [0.25, 0.3) is 5.56 Å². The molecule has 1 N–H and O–H groups in total. The summed E-state index contributed by atoms with van der Waals surface area (Å²) >= 11 is 14.6. The van der Waals surface area contributed by atoms with Crippen LogP contribution in [-0.2, 0) is 24.8 Å². The van der Waals surface area contributed by atoms with E-state index in [1.807, 2.05) is 18.2 Å². The fourth-order valence-corrected chi connectivity index (χ4v) is 5.92. The summed E-state index contributed by atoms with van der Waals surface area (Å²) in [5, 5.41) is 4.50. The van der Waals surface area contributed by atoms with Crippen molar-refractivity contribution in [2.24, 2.45) is 7.05 Å². The summed E-state index contributed by atoms with van der Waals surface area (Å²) in [5.41, 5.74) is 2.95. The molecule has 0 saturated carbocycles. The van der Waals surface area contributed by atoms with E-state index in [1.54, 1.807) is 19.3 Å². The molecule has 10 heteroatoms. The summed E-state index contributed by atoms with van der Waals surface area (Å²) in [4.78, 5) is 30.2. The third-order valence-electron chi connectivity index (χ3n) is 5.90. The van der Waals surface area contributed by atoms with Crippen LogP contribution in [0.2, 0.25) is 10.0 Å². The van der Waals surface area contributed by atoms with Gasteiger partial charge in [-0.05, 0) is 35.4 Å². The van der Waals surface area contributed by atoms with E-state index in [4.69, 9.17) is 27.9 Å². The Morgan fingerprint density at radius 2 is 2.06 bits per heavy atom. The molecule has 1 unspecified atom stereocenters. The van der Waals surface area contributed by atoms with Gasteiger partial charge in [-0.2, -0.15) is 0 Å². The average Bonchev–Trinajstić information content (AvgIpc) is 3.24. The highest BCUT2D eigenvalue weighted by molar-refractivity contribution is 7.19. The number of halogens is 2. The number of ether oxygens (including phenoxy) is 1. The maximum Gasteiger partial charge on any atom is 0.331 e. The number of nitrogens with one attached hydrogen (secondary N) is 1. The van der Waals surface area contributed by atoms with Gasteiger partial charge in [0.05, 0.1) is 29.5 Å². The standard InChI is InChI=1S/C24H22Cl2N4O3S/c1-29-6-3-22(31)30(24(29)32)13-16-11-21-23(34-16)17(2-4-28-21)18-8-14(25)9-20(26)19(18)10-15-12-27-5-7-33-15/h2-4,6,8-9,11,15,27H,5,7,10,12-13H2,1H3. The largest absolute Gasteiger partial charge is 0.375 e. The first-order chi connectivity index (χ1) is 16.4. The first-order valence-electron chi connectivity index (χ1n) is 10.8. The van der Waals surface area contributed by atoms with E-state index < -0.39 is 0 Å². The van der Waals surface area contributed by atoms with Crippen molar-refractivity contribution in [3.63, 3.8) is 0 Å². The number of hydrogen-bond acceptors (Lipinski definition) is 6. The summed E-state index contributed by atoms with van der Waals surface area (Å²) in [6, 6.07) is 8.93. The number of pyridine rings is 1. The maximum absolute atomic E-state index is 12.5. The minimum atomic E-state index is -0.358. The summed E-state index contributed by atoms with van der Waals surface area (Å²) in [5.74, 6) is 0. The number of morpholine rings is 1. The lowest BCUT2D eigenvalue weighted by molar-refractivity contribution is 0.0293. The first kappa shape index (κ1) is 23.3. The van der Waals surface area contributed by atoms with E-state index in [0.717, 1.165) is 44.9 Å². The van der Waals surface area contributed by atoms with Crippen molar-refractivity contribution >= 4 is 44.8 Å². The van der Waals surface area contributed by atoms with E-state index in [0.29, 0.717) is 23.1 Å². The van der Waals surface area contributed by atoms with Crippen molar-refractivity contribution < 1.29 is 4.74 Å². The van der Waals surface area contributed by atoms with Crippen molar-refractivity contribution in [1.29, 1.82) is 0 Å². The lowest BCUT2D eigenvalue weighted by Gasteiger charge is -2.25. The second-order valence-electron chi connectivity index (χ2n) is 8.23. The zero-order chi connectivity index (χ0) is 23.8. The summed E-state index contributed by atoms with van der Waals surface area (Å²) in [6.45, 7) is 2.44. The van der Waals surface area contributed by atoms with E-state index in [1.165, 1.54) is 32.7 Å². The quantitative estimate of drug-likeness (QED) is 0.437. The molecule has 1 aliphatic heterocycles. The number of thiophene rings is 1. The van der Waals surface area contributed by atoms with Crippen LogP contribution < -0.4 is 16.6 Å². The van der Waals surface area contributed by atoms with Gasteiger partial charge in [0.2, 0.25) is 0 Å². The molecule has 1 saturated heterocycles. The highest BCUT2D eigenvalue weighted by atomic mass is 35.5. The molecule has 0 spiro atoms. The van der Waals surface area contributed by atoms with Crippen molar-refractivity contribution in [2.45, 2.75) is 19.1 Å². The second kappa shape index (κ2) is 9.64. The SMILES string of the molecule is Cn1ccc(=O)n(Cc2cc3nccc(-c4cc(Cl)cc(Cl)c4CC4CNCCO4)c3s2)c1=O. The van der Waals surface area contributed by atoms with E-state index in [9.17, 15) is 9.59 Å². The third kappa shape index (κ3) is 4.56. The number of benzene rings is 1. The molecule has 0 aliphatic carbocycles. The van der Waals surface area contributed by atoms with Crippen LogP contribution in [0.25, 0.3) is 21.3 Å². The molecular weight excluding hydrogens is 495 g/mol. The molecule has 4 heterocycles. The normalized spacial score (nSPS) is 16.3. The Hall–Kier alpha value is -2.49. The smallest absolute Gasteiger partial charge is 0.331 e. The number of aryl methyl sites for hydroxylation is 1. The number of hydrogen-bond donors (Lipinski definition) is 1. The minimum absolute atomic E-state index is 0.0172. The van der Waals surface area contributed by atoms with E-state index in [2.05, 4.69) is 10.3 Å². The highest BCUT2D eigenvalue weighted by Gasteiger charge is 2.21. The average molecular weight is 517 g/mol. The molecule has 0 amide bonds. The van der Waals surface area contributed by atoms with Gasteiger partial charge in [-0.15, -0.1) is 11.3 Å². The maximum atomic E-state index is 12.5. The summed E-state index contributed by atoms with van der Waals surface area (Å²) in [6.07, 6.45) is 3.89. The monoisotopic (exact) mass is 516 g/mol. The van der Waals surface area contributed by atoms with Crippen LogP contribution in [0.3, 0.4) is 0 Å².